The third-order valence-electron chi connectivity index (χ3n) is 4.57. The number of carbonyl (C=O) groups is 1. The summed E-state index contributed by atoms with van der Waals surface area (Å²) < 4.78 is 41.3. The van der Waals surface area contributed by atoms with E-state index in [9.17, 15) is 18.0 Å². The molecule has 3 aromatic rings. The molecule has 27 heavy (non-hydrogen) atoms. The molecule has 2 aromatic heterocycles. The molecule has 1 unspecified atom stereocenters. The number of nitrogens with one attached hydrogen (secondary N) is 1. The van der Waals surface area contributed by atoms with Gasteiger partial charge in [-0.3, -0.25) is 9.48 Å². The van der Waals surface area contributed by atoms with Gasteiger partial charge in [0.1, 0.15) is 6.04 Å². The lowest BCUT2D eigenvalue weighted by Crippen LogP contribution is -2.26. The zero-order valence-electron chi connectivity index (χ0n) is 14.7. The summed E-state index contributed by atoms with van der Waals surface area (Å²) in [6.07, 6.45) is -2.90. The Bertz CT molecular complexity index is 1020. The first-order valence-corrected chi connectivity index (χ1v) is 9.39. The van der Waals surface area contributed by atoms with Crippen molar-refractivity contribution in [1.82, 2.24) is 14.8 Å². The predicted octanol–water partition coefficient (Wildman–Crippen LogP) is 4.90. The van der Waals surface area contributed by atoms with E-state index in [4.69, 9.17) is 0 Å². The highest BCUT2D eigenvalue weighted by Gasteiger charge is 2.39. The number of anilines is 1. The Hall–Kier alpha value is -2.42. The lowest BCUT2D eigenvalue weighted by Gasteiger charge is -2.14. The summed E-state index contributed by atoms with van der Waals surface area (Å²) in [5.74, 6) is -0.404. The van der Waals surface area contributed by atoms with Crippen LogP contribution in [0.15, 0.2) is 24.3 Å². The summed E-state index contributed by atoms with van der Waals surface area (Å²) in [5, 5.41) is 6.80. The van der Waals surface area contributed by atoms with Crippen molar-refractivity contribution >= 4 is 32.6 Å². The number of amides is 1. The standard InChI is InChI=1S/C18H17F3N4OS/c1-9-3-6-12-14(7-9)27-17(22-12)23-16(26)10(2)25-13(11-4-5-11)8-15(24-25)18(19,20)21/h3,6-8,10-11H,4-5H2,1-2H3,(H,22,23,26). The first-order chi connectivity index (χ1) is 12.7. The molecule has 4 rings (SSSR count). The van der Waals surface area contributed by atoms with Gasteiger partial charge in [-0.2, -0.15) is 18.3 Å². The highest BCUT2D eigenvalue weighted by atomic mass is 32.1. The Balaban J connectivity index is 1.59. The molecule has 1 fully saturated rings. The van der Waals surface area contributed by atoms with Crippen molar-refractivity contribution in [3.8, 4) is 0 Å². The zero-order valence-corrected chi connectivity index (χ0v) is 15.5. The molecule has 1 aliphatic carbocycles. The summed E-state index contributed by atoms with van der Waals surface area (Å²) in [4.78, 5) is 17.0. The van der Waals surface area contributed by atoms with Gasteiger partial charge in [0.05, 0.1) is 10.2 Å². The van der Waals surface area contributed by atoms with Crippen LogP contribution in [-0.4, -0.2) is 20.7 Å². The van der Waals surface area contributed by atoms with Crippen molar-refractivity contribution < 1.29 is 18.0 Å². The number of fused-ring (bicyclic) bond motifs is 1. The normalized spacial score (nSPS) is 15.9. The molecule has 0 aliphatic heterocycles. The van der Waals surface area contributed by atoms with Gasteiger partial charge in [-0.1, -0.05) is 17.4 Å². The SMILES string of the molecule is Cc1ccc2nc(NC(=O)C(C)n3nc(C(F)(F)F)cc3C3CC3)sc2c1. The molecule has 1 N–H and O–H groups in total. The second-order valence-corrected chi connectivity index (χ2v) is 7.86. The van der Waals surface area contributed by atoms with Gasteiger partial charge in [0.25, 0.3) is 5.91 Å². The second-order valence-electron chi connectivity index (χ2n) is 6.83. The van der Waals surface area contributed by atoms with Gasteiger partial charge in [0.2, 0.25) is 0 Å². The maximum Gasteiger partial charge on any atom is 0.435 e. The van der Waals surface area contributed by atoms with Crippen molar-refractivity contribution in [2.75, 3.05) is 5.32 Å². The van der Waals surface area contributed by atoms with Gasteiger partial charge < -0.3 is 5.32 Å². The third kappa shape index (κ3) is 3.55. The van der Waals surface area contributed by atoms with Gasteiger partial charge in [-0.25, -0.2) is 4.98 Å². The number of hydrogen-bond acceptors (Lipinski definition) is 4. The molecular formula is C18H17F3N4OS. The molecule has 1 aliphatic rings. The van der Waals surface area contributed by atoms with E-state index in [1.54, 1.807) is 6.92 Å². The molecule has 9 heteroatoms. The van der Waals surface area contributed by atoms with Gasteiger partial charge in [0.15, 0.2) is 10.8 Å². The fraction of sp³-hybridized carbons (Fsp3) is 0.389. The molecule has 0 bridgehead atoms. The number of alkyl halides is 3. The lowest BCUT2D eigenvalue weighted by molar-refractivity contribution is -0.141. The minimum Gasteiger partial charge on any atom is -0.300 e. The van der Waals surface area contributed by atoms with Gasteiger partial charge >= 0.3 is 6.18 Å². The molecule has 2 heterocycles. The van der Waals surface area contributed by atoms with E-state index in [2.05, 4.69) is 15.4 Å². The van der Waals surface area contributed by atoms with Crippen molar-refractivity contribution in [2.24, 2.45) is 0 Å². The largest absolute Gasteiger partial charge is 0.435 e. The van der Waals surface area contributed by atoms with Crippen molar-refractivity contribution in [3.05, 3.63) is 41.2 Å². The maximum atomic E-state index is 13.0. The Morgan fingerprint density at radius 2 is 2.07 bits per heavy atom. The van der Waals surface area contributed by atoms with Crippen LogP contribution in [0.1, 0.15) is 48.7 Å². The predicted molar refractivity (Wildman–Crippen MR) is 96.9 cm³/mol. The molecule has 0 spiro atoms. The number of thiazole rings is 1. The van der Waals surface area contributed by atoms with Gasteiger partial charge in [-0.05, 0) is 50.5 Å². The lowest BCUT2D eigenvalue weighted by atomic mass is 10.2. The van der Waals surface area contributed by atoms with E-state index in [0.717, 1.165) is 34.7 Å². The summed E-state index contributed by atoms with van der Waals surface area (Å²) in [5.41, 5.74) is 1.36. The Labute approximate surface area is 157 Å². The van der Waals surface area contributed by atoms with Crippen molar-refractivity contribution in [3.63, 3.8) is 0 Å². The van der Waals surface area contributed by atoms with Crippen LogP contribution >= 0.6 is 11.3 Å². The minimum absolute atomic E-state index is 0.0364. The smallest absolute Gasteiger partial charge is 0.300 e. The molecule has 142 valence electrons. The minimum atomic E-state index is -4.53. The van der Waals surface area contributed by atoms with Crippen LogP contribution in [0.25, 0.3) is 10.2 Å². The third-order valence-corrected chi connectivity index (χ3v) is 5.50. The molecule has 0 radical (unpaired) electrons. The fourth-order valence-corrected chi connectivity index (χ4v) is 3.91. The van der Waals surface area contributed by atoms with Crippen LogP contribution in [0.2, 0.25) is 0 Å². The number of aryl methyl sites for hydroxylation is 1. The van der Waals surface area contributed by atoms with Gasteiger partial charge in [-0.15, -0.1) is 0 Å². The number of halogens is 3. The van der Waals surface area contributed by atoms with Crippen molar-refractivity contribution in [2.45, 2.75) is 44.8 Å². The van der Waals surface area contributed by atoms with Gasteiger partial charge in [0, 0.05) is 11.6 Å². The highest BCUT2D eigenvalue weighted by Crippen LogP contribution is 2.43. The fourth-order valence-electron chi connectivity index (χ4n) is 2.95. The molecule has 5 nitrogen and oxygen atoms in total. The summed E-state index contributed by atoms with van der Waals surface area (Å²) in [6, 6.07) is 5.96. The maximum absolute atomic E-state index is 13.0. The Morgan fingerprint density at radius 1 is 1.33 bits per heavy atom. The molecule has 1 amide bonds. The van der Waals surface area contributed by atoms with E-state index < -0.39 is 23.8 Å². The molecule has 1 aromatic carbocycles. The number of aromatic nitrogens is 3. The molecule has 1 atom stereocenters. The Morgan fingerprint density at radius 3 is 2.74 bits per heavy atom. The number of rotatable bonds is 4. The van der Waals surface area contributed by atoms with Crippen LogP contribution in [0, 0.1) is 6.92 Å². The number of nitrogens with zero attached hydrogens (tertiary/aromatic N) is 3. The topological polar surface area (TPSA) is 59.8 Å². The highest BCUT2D eigenvalue weighted by molar-refractivity contribution is 7.22. The van der Waals surface area contributed by atoms with Crippen molar-refractivity contribution in [1.29, 1.82) is 0 Å². The average Bonchev–Trinajstić information content (AvgIpc) is 3.20. The second kappa shape index (κ2) is 6.33. The van der Waals surface area contributed by atoms with E-state index in [-0.39, 0.29) is 5.92 Å². The Kier molecular flexibility index (Phi) is 4.21. The van der Waals surface area contributed by atoms with E-state index in [1.165, 1.54) is 16.0 Å². The first kappa shape index (κ1) is 18.0. The van der Waals surface area contributed by atoms with Crippen LogP contribution in [0.3, 0.4) is 0 Å². The van der Waals surface area contributed by atoms with E-state index in [1.807, 2.05) is 25.1 Å². The van der Waals surface area contributed by atoms with Crippen LogP contribution in [0.4, 0.5) is 18.3 Å². The van der Waals surface area contributed by atoms with E-state index in [0.29, 0.717) is 10.8 Å². The van der Waals surface area contributed by atoms with Crippen LogP contribution in [0.5, 0.6) is 0 Å². The monoisotopic (exact) mass is 394 g/mol. The zero-order chi connectivity index (χ0) is 19.3. The molecule has 0 saturated heterocycles. The van der Waals surface area contributed by atoms with Crippen LogP contribution in [-0.2, 0) is 11.0 Å². The molecular weight excluding hydrogens is 377 g/mol. The summed E-state index contributed by atoms with van der Waals surface area (Å²) in [7, 11) is 0. The average molecular weight is 394 g/mol. The quantitative estimate of drug-likeness (QED) is 0.685. The van der Waals surface area contributed by atoms with Crippen LogP contribution < -0.4 is 5.32 Å². The summed E-state index contributed by atoms with van der Waals surface area (Å²) in [6.45, 7) is 3.51. The number of benzene rings is 1. The number of hydrogen-bond donors (Lipinski definition) is 1. The van der Waals surface area contributed by atoms with E-state index >= 15 is 0 Å². The molecule has 1 saturated carbocycles. The summed E-state index contributed by atoms with van der Waals surface area (Å²) >= 11 is 1.33. The first-order valence-electron chi connectivity index (χ1n) is 8.57. The number of carbonyl (C=O) groups excluding carboxylic acids is 1.